The second-order valence-corrected chi connectivity index (χ2v) is 8.14. The van der Waals surface area contributed by atoms with Crippen molar-refractivity contribution >= 4 is 50.6 Å². The van der Waals surface area contributed by atoms with Crippen molar-refractivity contribution in [2.45, 2.75) is 6.42 Å². The van der Waals surface area contributed by atoms with E-state index in [0.29, 0.717) is 21.5 Å². The average molecular weight is 450 g/mol. The van der Waals surface area contributed by atoms with Crippen molar-refractivity contribution < 1.29 is 4.79 Å². The van der Waals surface area contributed by atoms with Crippen LogP contribution < -0.4 is 5.32 Å². The van der Waals surface area contributed by atoms with Crippen LogP contribution in [0, 0.1) is 0 Å². The first kappa shape index (κ1) is 19.4. The van der Waals surface area contributed by atoms with Crippen molar-refractivity contribution in [3.8, 4) is 11.4 Å². The van der Waals surface area contributed by atoms with Gasteiger partial charge in [0.2, 0.25) is 5.13 Å². The lowest BCUT2D eigenvalue weighted by atomic mass is 10.0. The Labute approximate surface area is 186 Å². The summed E-state index contributed by atoms with van der Waals surface area (Å²) in [6.07, 6.45) is 5.28. The zero-order chi connectivity index (χ0) is 21.4. The van der Waals surface area contributed by atoms with Gasteiger partial charge in [0.1, 0.15) is 0 Å². The zero-order valence-corrected chi connectivity index (χ0v) is 17.9. The van der Waals surface area contributed by atoms with Gasteiger partial charge in [-0.05, 0) is 23.8 Å². The Morgan fingerprint density at radius 2 is 2.16 bits per heavy atom. The lowest BCUT2D eigenvalue weighted by Gasteiger charge is -2.05. The number of hydrogen-bond donors (Lipinski definition) is 2. The highest BCUT2D eigenvalue weighted by Gasteiger charge is 2.13. The number of benzene rings is 2. The SMILES string of the molecule is Cn1cc(C(=O)Cc2cccc(-c3nsc(Nc4ccc5[nH]ncc5c4Cl)n3)c2)cn1. The summed E-state index contributed by atoms with van der Waals surface area (Å²) < 4.78 is 6.07. The van der Waals surface area contributed by atoms with Crippen LogP contribution in [0.4, 0.5) is 10.8 Å². The molecule has 10 heteroatoms. The van der Waals surface area contributed by atoms with E-state index in [1.54, 1.807) is 30.3 Å². The van der Waals surface area contributed by atoms with Gasteiger partial charge < -0.3 is 5.32 Å². The molecule has 0 fully saturated rings. The molecule has 3 aromatic heterocycles. The molecule has 0 bridgehead atoms. The van der Waals surface area contributed by atoms with E-state index in [0.717, 1.165) is 27.7 Å². The molecular weight excluding hydrogens is 434 g/mol. The molecule has 0 spiro atoms. The van der Waals surface area contributed by atoms with Gasteiger partial charge in [0.15, 0.2) is 11.6 Å². The number of carbonyl (C=O) groups excluding carboxylic acids is 1. The highest BCUT2D eigenvalue weighted by Crippen LogP contribution is 2.33. The van der Waals surface area contributed by atoms with Crippen molar-refractivity contribution in [3.05, 3.63) is 71.1 Å². The van der Waals surface area contributed by atoms with Crippen molar-refractivity contribution in [2.24, 2.45) is 7.05 Å². The van der Waals surface area contributed by atoms with E-state index >= 15 is 0 Å². The first-order valence-electron chi connectivity index (χ1n) is 9.40. The fraction of sp³-hybridized carbons (Fsp3) is 0.0952. The highest BCUT2D eigenvalue weighted by molar-refractivity contribution is 7.10. The highest BCUT2D eigenvalue weighted by atomic mass is 35.5. The number of carbonyl (C=O) groups is 1. The Morgan fingerprint density at radius 3 is 3.00 bits per heavy atom. The molecule has 0 aliphatic carbocycles. The van der Waals surface area contributed by atoms with Gasteiger partial charge in [-0.25, -0.2) is 0 Å². The Bertz CT molecular complexity index is 1400. The standard InChI is InChI=1S/C21H16ClN7OS/c1-29-11-14(9-24-29)18(30)8-12-3-2-4-13(7-12)20-26-21(31-28-20)25-17-6-5-16-15(19(17)22)10-23-27-16/h2-7,9-11H,8H2,1H3,(H,23,27)(H,25,26,28). The largest absolute Gasteiger partial charge is 0.329 e. The number of anilines is 2. The number of aromatic amines is 1. The molecule has 0 amide bonds. The van der Waals surface area contributed by atoms with E-state index in [2.05, 4.69) is 30.0 Å². The molecule has 31 heavy (non-hydrogen) atoms. The summed E-state index contributed by atoms with van der Waals surface area (Å²) in [7, 11) is 1.79. The number of aryl methyl sites for hydroxylation is 1. The van der Waals surface area contributed by atoms with Gasteiger partial charge in [0, 0.05) is 42.1 Å². The van der Waals surface area contributed by atoms with Crippen LogP contribution in [0.5, 0.6) is 0 Å². The van der Waals surface area contributed by atoms with E-state index in [1.807, 2.05) is 36.4 Å². The molecule has 0 unspecified atom stereocenters. The average Bonchev–Trinajstić information content (AvgIpc) is 3.51. The van der Waals surface area contributed by atoms with E-state index < -0.39 is 0 Å². The van der Waals surface area contributed by atoms with Gasteiger partial charge >= 0.3 is 0 Å². The molecule has 0 aliphatic rings. The summed E-state index contributed by atoms with van der Waals surface area (Å²) >= 11 is 7.72. The molecular formula is C21H16ClN7OS. The second-order valence-electron chi connectivity index (χ2n) is 7.01. The first-order chi connectivity index (χ1) is 15.1. The molecule has 0 saturated heterocycles. The number of H-pyrrole nitrogens is 1. The van der Waals surface area contributed by atoms with E-state index in [4.69, 9.17) is 11.6 Å². The van der Waals surface area contributed by atoms with Crippen LogP contribution in [0.3, 0.4) is 0 Å². The quantitative estimate of drug-likeness (QED) is 0.366. The number of nitrogens with one attached hydrogen (secondary N) is 2. The fourth-order valence-corrected chi connectivity index (χ4v) is 4.12. The van der Waals surface area contributed by atoms with Crippen LogP contribution in [0.25, 0.3) is 22.3 Å². The van der Waals surface area contributed by atoms with Gasteiger partial charge in [-0.1, -0.05) is 29.8 Å². The normalized spacial score (nSPS) is 11.2. The molecule has 2 N–H and O–H groups in total. The van der Waals surface area contributed by atoms with Crippen LogP contribution in [-0.4, -0.2) is 35.1 Å². The maximum Gasteiger partial charge on any atom is 0.207 e. The van der Waals surface area contributed by atoms with Crippen molar-refractivity contribution in [1.82, 2.24) is 29.3 Å². The van der Waals surface area contributed by atoms with E-state index in [9.17, 15) is 4.79 Å². The molecule has 8 nitrogen and oxygen atoms in total. The summed E-state index contributed by atoms with van der Waals surface area (Å²) in [6, 6.07) is 11.5. The number of hydrogen-bond acceptors (Lipinski definition) is 7. The third-order valence-corrected chi connectivity index (χ3v) is 5.84. The van der Waals surface area contributed by atoms with Crippen molar-refractivity contribution in [3.63, 3.8) is 0 Å². The second kappa shape index (κ2) is 7.93. The molecule has 0 atom stereocenters. The van der Waals surface area contributed by atoms with Gasteiger partial charge in [-0.3, -0.25) is 14.6 Å². The summed E-state index contributed by atoms with van der Waals surface area (Å²) in [4.78, 5) is 17.1. The summed E-state index contributed by atoms with van der Waals surface area (Å²) in [5, 5.41) is 16.2. The van der Waals surface area contributed by atoms with Gasteiger partial charge in [-0.15, -0.1) is 0 Å². The number of Topliss-reactive ketones (excluding diaryl/α,β-unsaturated/α-hetero) is 1. The number of nitrogens with zero attached hydrogens (tertiary/aromatic N) is 5. The van der Waals surface area contributed by atoms with Gasteiger partial charge in [0.25, 0.3) is 0 Å². The predicted molar refractivity (Wildman–Crippen MR) is 121 cm³/mol. The van der Waals surface area contributed by atoms with Crippen LogP contribution in [-0.2, 0) is 13.5 Å². The van der Waals surface area contributed by atoms with Crippen LogP contribution in [0.15, 0.2) is 55.0 Å². The number of fused-ring (bicyclic) bond motifs is 1. The number of halogens is 1. The lowest BCUT2D eigenvalue weighted by Crippen LogP contribution is -2.02. The fourth-order valence-electron chi connectivity index (χ4n) is 3.26. The minimum absolute atomic E-state index is 0.0168. The molecule has 2 aromatic carbocycles. The topological polar surface area (TPSA) is 101 Å². The molecule has 0 saturated carbocycles. The molecule has 0 radical (unpaired) electrons. The number of aromatic nitrogens is 6. The minimum atomic E-state index is 0.0168. The minimum Gasteiger partial charge on any atom is -0.329 e. The molecule has 154 valence electrons. The monoisotopic (exact) mass is 449 g/mol. The Morgan fingerprint density at radius 1 is 1.26 bits per heavy atom. The van der Waals surface area contributed by atoms with E-state index in [1.165, 1.54) is 11.5 Å². The summed E-state index contributed by atoms with van der Waals surface area (Å²) in [5.41, 5.74) is 3.93. The van der Waals surface area contributed by atoms with Crippen LogP contribution in [0.1, 0.15) is 15.9 Å². The molecule has 5 rings (SSSR count). The molecule has 0 aliphatic heterocycles. The zero-order valence-electron chi connectivity index (χ0n) is 16.3. The van der Waals surface area contributed by atoms with Crippen molar-refractivity contribution in [2.75, 3.05) is 5.32 Å². The van der Waals surface area contributed by atoms with Gasteiger partial charge in [0.05, 0.1) is 34.2 Å². The van der Waals surface area contributed by atoms with Crippen LogP contribution >= 0.6 is 23.1 Å². The predicted octanol–water partition coefficient (Wildman–Crippen LogP) is 4.64. The molecule has 3 heterocycles. The van der Waals surface area contributed by atoms with Crippen LogP contribution in [0.2, 0.25) is 5.02 Å². The van der Waals surface area contributed by atoms with Gasteiger partial charge in [-0.2, -0.15) is 19.6 Å². The Balaban J connectivity index is 1.35. The summed E-state index contributed by atoms with van der Waals surface area (Å²) in [5.74, 6) is 0.604. The number of ketones is 1. The summed E-state index contributed by atoms with van der Waals surface area (Å²) in [6.45, 7) is 0. The maximum absolute atomic E-state index is 12.5. The maximum atomic E-state index is 12.5. The lowest BCUT2D eigenvalue weighted by molar-refractivity contribution is 0.0993. The molecule has 5 aromatic rings. The first-order valence-corrected chi connectivity index (χ1v) is 10.6. The third kappa shape index (κ3) is 3.92. The number of rotatable bonds is 6. The third-order valence-electron chi connectivity index (χ3n) is 4.80. The Hall–Kier alpha value is -3.56. The van der Waals surface area contributed by atoms with E-state index in [-0.39, 0.29) is 12.2 Å². The van der Waals surface area contributed by atoms with Crippen molar-refractivity contribution in [1.29, 1.82) is 0 Å². The Kier molecular flexibility index (Phi) is 4.97. The smallest absolute Gasteiger partial charge is 0.207 e.